The Morgan fingerprint density at radius 2 is 1.83 bits per heavy atom. The topological polar surface area (TPSA) is 70.7 Å². The van der Waals surface area contributed by atoms with Gasteiger partial charge in [-0.15, -0.1) is 0 Å². The third-order valence-corrected chi connectivity index (χ3v) is 5.05. The average Bonchev–Trinajstić information content (AvgIpc) is 3.19. The van der Waals surface area contributed by atoms with Crippen LogP contribution in [-0.4, -0.2) is 44.8 Å². The molecule has 0 amide bonds. The van der Waals surface area contributed by atoms with Gasteiger partial charge in [0.25, 0.3) is 0 Å². The van der Waals surface area contributed by atoms with Gasteiger partial charge in [0.2, 0.25) is 0 Å². The molecule has 3 aromatic rings. The number of hydrogen-bond donors (Lipinski definition) is 3. The number of fused-ring (bicyclic) bond motifs is 1. The number of guanidine groups is 1. The zero-order valence-corrected chi connectivity index (χ0v) is 18.1. The quantitative estimate of drug-likeness (QED) is 0.270. The van der Waals surface area contributed by atoms with Crippen molar-refractivity contribution in [3.05, 3.63) is 59.8 Å². The minimum absolute atomic E-state index is 0.758. The Labute approximate surface area is 178 Å². The molecule has 0 saturated heterocycles. The molecule has 0 aliphatic carbocycles. The predicted molar refractivity (Wildman–Crippen MR) is 124 cm³/mol. The van der Waals surface area contributed by atoms with Crippen molar-refractivity contribution in [2.24, 2.45) is 4.99 Å². The molecule has 0 radical (unpaired) electrons. The van der Waals surface area contributed by atoms with Crippen LogP contribution in [0, 0.1) is 0 Å². The molecule has 0 unspecified atom stereocenters. The summed E-state index contributed by atoms with van der Waals surface area (Å²) in [5, 5.41) is 8.06. The van der Waals surface area contributed by atoms with Gasteiger partial charge in [0.1, 0.15) is 0 Å². The van der Waals surface area contributed by atoms with E-state index in [0.717, 1.165) is 56.4 Å². The highest BCUT2D eigenvalue weighted by molar-refractivity contribution is 5.83. The van der Waals surface area contributed by atoms with E-state index in [9.17, 15) is 0 Å². The van der Waals surface area contributed by atoms with Crippen LogP contribution in [0.15, 0.2) is 53.7 Å². The SMILES string of the molecule is CCNC(=NCCCc1ccc(OC)c(OC)c1)NCCc1c[nH]c2ccccc12. The fourth-order valence-corrected chi connectivity index (χ4v) is 3.51. The van der Waals surface area contributed by atoms with Gasteiger partial charge in [-0.05, 0) is 55.5 Å². The van der Waals surface area contributed by atoms with Crippen molar-refractivity contribution in [1.29, 1.82) is 0 Å². The van der Waals surface area contributed by atoms with Gasteiger partial charge in [-0.3, -0.25) is 4.99 Å². The number of nitrogens with one attached hydrogen (secondary N) is 3. The molecule has 0 bridgehead atoms. The summed E-state index contributed by atoms with van der Waals surface area (Å²) < 4.78 is 10.7. The molecule has 2 aromatic carbocycles. The standard InChI is InChI=1S/C24H32N4O2/c1-4-25-24(27-15-13-19-17-28-21-10-6-5-9-20(19)21)26-14-7-8-18-11-12-22(29-2)23(16-18)30-3/h5-6,9-12,16-17,28H,4,7-8,13-15H2,1-3H3,(H2,25,26,27). The Kier molecular flexibility index (Phi) is 8.01. The van der Waals surface area contributed by atoms with E-state index < -0.39 is 0 Å². The van der Waals surface area contributed by atoms with E-state index in [-0.39, 0.29) is 0 Å². The summed E-state index contributed by atoms with van der Waals surface area (Å²) in [6.07, 6.45) is 4.95. The lowest BCUT2D eigenvalue weighted by Crippen LogP contribution is -2.38. The van der Waals surface area contributed by atoms with Crippen LogP contribution in [0.3, 0.4) is 0 Å². The zero-order valence-electron chi connectivity index (χ0n) is 18.1. The number of benzene rings is 2. The molecule has 0 spiro atoms. The lowest BCUT2D eigenvalue weighted by Gasteiger charge is -2.11. The Morgan fingerprint density at radius 3 is 2.63 bits per heavy atom. The number of methoxy groups -OCH3 is 2. The number of para-hydroxylation sites is 1. The molecule has 3 rings (SSSR count). The summed E-state index contributed by atoms with van der Waals surface area (Å²) in [4.78, 5) is 8.05. The maximum absolute atomic E-state index is 5.38. The van der Waals surface area contributed by atoms with Crippen LogP contribution in [0.5, 0.6) is 11.5 Å². The number of aromatic amines is 1. The number of aryl methyl sites for hydroxylation is 1. The first-order valence-corrected chi connectivity index (χ1v) is 10.5. The summed E-state index contributed by atoms with van der Waals surface area (Å²) >= 11 is 0. The second-order valence-electron chi connectivity index (χ2n) is 7.09. The fourth-order valence-electron chi connectivity index (χ4n) is 3.51. The predicted octanol–water partition coefficient (Wildman–Crippen LogP) is 3.92. The zero-order chi connectivity index (χ0) is 21.2. The van der Waals surface area contributed by atoms with E-state index in [1.807, 2.05) is 12.1 Å². The lowest BCUT2D eigenvalue weighted by atomic mass is 10.1. The van der Waals surface area contributed by atoms with E-state index >= 15 is 0 Å². The van der Waals surface area contributed by atoms with Crippen molar-refractivity contribution in [3.63, 3.8) is 0 Å². The molecule has 0 atom stereocenters. The fraction of sp³-hybridized carbons (Fsp3) is 0.375. The van der Waals surface area contributed by atoms with Crippen molar-refractivity contribution in [2.45, 2.75) is 26.2 Å². The van der Waals surface area contributed by atoms with Crippen molar-refractivity contribution < 1.29 is 9.47 Å². The Morgan fingerprint density at radius 1 is 1.00 bits per heavy atom. The van der Waals surface area contributed by atoms with Gasteiger partial charge in [0.15, 0.2) is 17.5 Å². The monoisotopic (exact) mass is 408 g/mol. The first-order valence-electron chi connectivity index (χ1n) is 10.5. The number of H-pyrrole nitrogens is 1. The smallest absolute Gasteiger partial charge is 0.191 e. The Hall–Kier alpha value is -3.15. The molecule has 1 heterocycles. The summed E-state index contributed by atoms with van der Waals surface area (Å²) in [5.41, 5.74) is 3.73. The van der Waals surface area contributed by atoms with E-state index in [1.165, 1.54) is 22.0 Å². The molecular weight excluding hydrogens is 376 g/mol. The van der Waals surface area contributed by atoms with E-state index in [2.05, 4.69) is 59.1 Å². The van der Waals surface area contributed by atoms with Crippen LogP contribution in [0.1, 0.15) is 24.5 Å². The van der Waals surface area contributed by atoms with Crippen LogP contribution >= 0.6 is 0 Å². The number of aliphatic imine (C=N–C) groups is 1. The summed E-state index contributed by atoms with van der Waals surface area (Å²) in [7, 11) is 3.32. The lowest BCUT2D eigenvalue weighted by molar-refractivity contribution is 0.354. The Bertz CT molecular complexity index is 965. The van der Waals surface area contributed by atoms with Gasteiger partial charge in [0, 0.05) is 36.7 Å². The molecule has 3 N–H and O–H groups in total. The highest BCUT2D eigenvalue weighted by Crippen LogP contribution is 2.27. The summed E-state index contributed by atoms with van der Waals surface area (Å²) in [6, 6.07) is 14.5. The number of aromatic nitrogens is 1. The summed E-state index contributed by atoms with van der Waals surface area (Å²) in [6.45, 7) is 4.52. The van der Waals surface area contributed by atoms with Gasteiger partial charge in [-0.2, -0.15) is 0 Å². The van der Waals surface area contributed by atoms with Gasteiger partial charge in [-0.1, -0.05) is 24.3 Å². The van der Waals surface area contributed by atoms with Crippen molar-refractivity contribution in [3.8, 4) is 11.5 Å². The summed E-state index contributed by atoms with van der Waals surface area (Å²) in [5.74, 6) is 2.39. The van der Waals surface area contributed by atoms with Crippen LogP contribution in [0.2, 0.25) is 0 Å². The molecular formula is C24H32N4O2. The molecule has 160 valence electrons. The van der Waals surface area contributed by atoms with Gasteiger partial charge < -0.3 is 25.1 Å². The molecule has 0 fully saturated rings. The third kappa shape index (κ3) is 5.69. The average molecular weight is 409 g/mol. The first-order chi connectivity index (χ1) is 14.7. The van der Waals surface area contributed by atoms with Crippen LogP contribution < -0.4 is 20.1 Å². The third-order valence-electron chi connectivity index (χ3n) is 5.05. The molecule has 0 aliphatic heterocycles. The number of nitrogens with zero attached hydrogens (tertiary/aromatic N) is 1. The van der Waals surface area contributed by atoms with Gasteiger partial charge >= 0.3 is 0 Å². The normalized spacial score (nSPS) is 11.5. The Balaban J connectivity index is 1.48. The molecule has 30 heavy (non-hydrogen) atoms. The largest absolute Gasteiger partial charge is 0.493 e. The maximum atomic E-state index is 5.38. The van der Waals surface area contributed by atoms with Gasteiger partial charge in [0.05, 0.1) is 14.2 Å². The highest BCUT2D eigenvalue weighted by atomic mass is 16.5. The van der Waals surface area contributed by atoms with Crippen LogP contribution in [0.25, 0.3) is 10.9 Å². The van der Waals surface area contributed by atoms with Crippen molar-refractivity contribution in [2.75, 3.05) is 33.9 Å². The van der Waals surface area contributed by atoms with Crippen molar-refractivity contribution in [1.82, 2.24) is 15.6 Å². The minimum Gasteiger partial charge on any atom is -0.493 e. The first kappa shape index (κ1) is 21.6. The second-order valence-corrected chi connectivity index (χ2v) is 7.09. The molecule has 6 nitrogen and oxygen atoms in total. The van der Waals surface area contributed by atoms with E-state index in [0.29, 0.717) is 0 Å². The van der Waals surface area contributed by atoms with Crippen molar-refractivity contribution >= 4 is 16.9 Å². The number of rotatable bonds is 10. The molecule has 0 saturated carbocycles. The molecule has 1 aromatic heterocycles. The number of hydrogen-bond acceptors (Lipinski definition) is 3. The number of ether oxygens (including phenoxy) is 2. The van der Waals surface area contributed by atoms with Gasteiger partial charge in [-0.25, -0.2) is 0 Å². The maximum Gasteiger partial charge on any atom is 0.191 e. The highest BCUT2D eigenvalue weighted by Gasteiger charge is 2.05. The van der Waals surface area contributed by atoms with E-state index in [1.54, 1.807) is 14.2 Å². The van der Waals surface area contributed by atoms with Crippen LogP contribution in [0.4, 0.5) is 0 Å². The molecule has 0 aliphatic rings. The molecule has 6 heteroatoms. The van der Waals surface area contributed by atoms with E-state index in [4.69, 9.17) is 14.5 Å². The second kappa shape index (κ2) is 11.1. The van der Waals surface area contributed by atoms with Crippen LogP contribution in [-0.2, 0) is 12.8 Å². The minimum atomic E-state index is 0.758.